The number of amides is 1. The van der Waals surface area contributed by atoms with E-state index in [1.54, 1.807) is 0 Å². The highest BCUT2D eigenvalue weighted by molar-refractivity contribution is 5.97. The van der Waals surface area contributed by atoms with Crippen LogP contribution in [0, 0.1) is 19.8 Å². The number of hydrogen-bond donors (Lipinski definition) is 0. The number of nitrogens with zero attached hydrogens (tertiary/aromatic N) is 3. The number of benzene rings is 1. The molecule has 1 aromatic heterocycles. The predicted octanol–water partition coefficient (Wildman–Crippen LogP) is 4.29. The van der Waals surface area contributed by atoms with Crippen LogP contribution in [0.15, 0.2) is 18.2 Å². The van der Waals surface area contributed by atoms with Gasteiger partial charge in [-0.15, -0.1) is 0 Å². The first kappa shape index (κ1) is 16.9. The average molecular weight is 325 g/mol. The maximum Gasteiger partial charge on any atom is 0.253 e. The quantitative estimate of drug-likeness (QED) is 0.845. The molecule has 1 atom stereocenters. The van der Waals surface area contributed by atoms with Gasteiger partial charge < -0.3 is 4.90 Å². The first-order chi connectivity index (χ1) is 11.6. The highest BCUT2D eigenvalue weighted by Gasteiger charge is 2.21. The maximum absolute atomic E-state index is 12.9. The van der Waals surface area contributed by atoms with Gasteiger partial charge >= 0.3 is 0 Å². The van der Waals surface area contributed by atoms with Crippen LogP contribution < -0.4 is 0 Å². The summed E-state index contributed by atoms with van der Waals surface area (Å²) in [6.07, 6.45) is 6.01. The largest absolute Gasteiger partial charge is 0.339 e. The van der Waals surface area contributed by atoms with E-state index in [1.165, 1.54) is 19.3 Å². The summed E-state index contributed by atoms with van der Waals surface area (Å²) in [4.78, 5) is 24.0. The van der Waals surface area contributed by atoms with Gasteiger partial charge in [0.05, 0.1) is 22.4 Å². The van der Waals surface area contributed by atoms with Gasteiger partial charge in [0.25, 0.3) is 5.91 Å². The van der Waals surface area contributed by atoms with Gasteiger partial charge in [0.2, 0.25) is 0 Å². The summed E-state index contributed by atoms with van der Waals surface area (Å²) in [7, 11) is 0. The average Bonchev–Trinajstić information content (AvgIpc) is 2.81. The summed E-state index contributed by atoms with van der Waals surface area (Å²) in [5, 5.41) is 0. The van der Waals surface area contributed by atoms with Crippen molar-refractivity contribution in [1.82, 2.24) is 14.9 Å². The van der Waals surface area contributed by atoms with Crippen molar-refractivity contribution in [3.05, 3.63) is 35.2 Å². The topological polar surface area (TPSA) is 46.1 Å². The number of fused-ring (bicyclic) bond motifs is 1. The fraction of sp³-hybridized carbons (Fsp3) is 0.550. The van der Waals surface area contributed by atoms with Crippen molar-refractivity contribution in [2.45, 2.75) is 52.9 Å². The molecule has 2 heterocycles. The molecule has 1 fully saturated rings. The summed E-state index contributed by atoms with van der Waals surface area (Å²) in [5.74, 6) is 0.912. The lowest BCUT2D eigenvalue weighted by molar-refractivity contribution is 0.0760. The van der Waals surface area contributed by atoms with E-state index in [-0.39, 0.29) is 5.91 Å². The minimum Gasteiger partial charge on any atom is -0.339 e. The molecule has 24 heavy (non-hydrogen) atoms. The molecule has 0 radical (unpaired) electrons. The first-order valence-electron chi connectivity index (χ1n) is 9.12. The SMILES string of the molecule is CCC[C@@H]1CCCN(C(=O)c2ccc3nc(C)c(C)nc3c2)CC1. The zero-order valence-electron chi connectivity index (χ0n) is 15.0. The van der Waals surface area contributed by atoms with Crippen molar-refractivity contribution in [2.75, 3.05) is 13.1 Å². The molecule has 0 spiro atoms. The van der Waals surface area contributed by atoms with E-state index in [0.29, 0.717) is 0 Å². The second-order valence-corrected chi connectivity index (χ2v) is 6.98. The summed E-state index contributed by atoms with van der Waals surface area (Å²) >= 11 is 0. The summed E-state index contributed by atoms with van der Waals surface area (Å²) in [5.41, 5.74) is 4.26. The molecule has 1 amide bonds. The van der Waals surface area contributed by atoms with Gasteiger partial charge in [-0.1, -0.05) is 19.8 Å². The van der Waals surface area contributed by atoms with Gasteiger partial charge in [-0.3, -0.25) is 4.79 Å². The number of hydrogen-bond acceptors (Lipinski definition) is 3. The molecule has 1 aromatic carbocycles. The number of aryl methyl sites for hydroxylation is 2. The third kappa shape index (κ3) is 3.58. The van der Waals surface area contributed by atoms with Crippen LogP contribution in [-0.2, 0) is 0 Å². The van der Waals surface area contributed by atoms with Crippen molar-refractivity contribution >= 4 is 16.9 Å². The Hall–Kier alpha value is -1.97. The lowest BCUT2D eigenvalue weighted by Gasteiger charge is -2.21. The van der Waals surface area contributed by atoms with Gasteiger partial charge in [-0.05, 0) is 57.2 Å². The maximum atomic E-state index is 12.9. The molecule has 0 aliphatic carbocycles. The first-order valence-corrected chi connectivity index (χ1v) is 9.12. The van der Waals surface area contributed by atoms with Crippen LogP contribution in [0.4, 0.5) is 0 Å². The molecule has 1 saturated heterocycles. The van der Waals surface area contributed by atoms with E-state index in [2.05, 4.69) is 16.9 Å². The minimum absolute atomic E-state index is 0.133. The van der Waals surface area contributed by atoms with E-state index in [1.807, 2.05) is 36.9 Å². The Balaban J connectivity index is 1.79. The number of aromatic nitrogens is 2. The minimum atomic E-state index is 0.133. The zero-order valence-corrected chi connectivity index (χ0v) is 15.0. The molecule has 1 aliphatic rings. The predicted molar refractivity (Wildman–Crippen MR) is 97.2 cm³/mol. The third-order valence-electron chi connectivity index (χ3n) is 5.15. The molecule has 0 N–H and O–H groups in total. The Morgan fingerprint density at radius 3 is 2.62 bits per heavy atom. The van der Waals surface area contributed by atoms with Crippen LogP contribution >= 0.6 is 0 Å². The van der Waals surface area contributed by atoms with Crippen LogP contribution in [0.2, 0.25) is 0 Å². The molecule has 4 heteroatoms. The van der Waals surface area contributed by atoms with E-state index in [0.717, 1.165) is 59.8 Å². The lowest BCUT2D eigenvalue weighted by Crippen LogP contribution is -2.32. The fourth-order valence-electron chi connectivity index (χ4n) is 3.61. The van der Waals surface area contributed by atoms with Gasteiger partial charge in [0.15, 0.2) is 0 Å². The molecule has 1 aliphatic heterocycles. The van der Waals surface area contributed by atoms with Crippen LogP contribution in [0.5, 0.6) is 0 Å². The number of likely N-dealkylation sites (tertiary alicyclic amines) is 1. The number of carbonyl (C=O) groups is 1. The van der Waals surface area contributed by atoms with Crippen LogP contribution in [-0.4, -0.2) is 33.9 Å². The van der Waals surface area contributed by atoms with Crippen LogP contribution in [0.25, 0.3) is 11.0 Å². The monoisotopic (exact) mass is 325 g/mol. The fourth-order valence-corrected chi connectivity index (χ4v) is 3.61. The Bertz CT molecular complexity index is 741. The molecular weight excluding hydrogens is 298 g/mol. The van der Waals surface area contributed by atoms with Gasteiger partial charge in [0, 0.05) is 18.7 Å². The van der Waals surface area contributed by atoms with E-state index < -0.39 is 0 Å². The Labute approximate surface area is 144 Å². The Kier molecular flexibility index (Phi) is 5.12. The van der Waals surface area contributed by atoms with Gasteiger partial charge in [-0.2, -0.15) is 0 Å². The highest BCUT2D eigenvalue weighted by Crippen LogP contribution is 2.23. The van der Waals surface area contributed by atoms with Gasteiger partial charge in [-0.25, -0.2) is 9.97 Å². The second kappa shape index (κ2) is 7.29. The normalized spacial score (nSPS) is 18.6. The molecule has 0 bridgehead atoms. The van der Waals surface area contributed by atoms with Crippen LogP contribution in [0.1, 0.15) is 60.8 Å². The Morgan fingerprint density at radius 2 is 1.88 bits per heavy atom. The van der Waals surface area contributed by atoms with Gasteiger partial charge in [0.1, 0.15) is 0 Å². The number of rotatable bonds is 3. The molecule has 3 rings (SSSR count). The van der Waals surface area contributed by atoms with E-state index in [4.69, 9.17) is 0 Å². The van der Waals surface area contributed by atoms with Crippen molar-refractivity contribution in [1.29, 1.82) is 0 Å². The summed E-state index contributed by atoms with van der Waals surface area (Å²) < 4.78 is 0. The summed E-state index contributed by atoms with van der Waals surface area (Å²) in [6, 6.07) is 5.70. The molecule has 128 valence electrons. The zero-order chi connectivity index (χ0) is 17.1. The van der Waals surface area contributed by atoms with Crippen molar-refractivity contribution in [2.24, 2.45) is 5.92 Å². The van der Waals surface area contributed by atoms with Crippen molar-refractivity contribution in [3.8, 4) is 0 Å². The molecule has 0 unspecified atom stereocenters. The van der Waals surface area contributed by atoms with E-state index >= 15 is 0 Å². The molecule has 0 saturated carbocycles. The second-order valence-electron chi connectivity index (χ2n) is 6.98. The standard InChI is InChI=1S/C20H27N3O/c1-4-6-16-7-5-11-23(12-10-16)20(24)17-8-9-18-19(13-17)22-15(3)14(2)21-18/h8-9,13,16H,4-7,10-12H2,1-3H3/t16-/m1/s1. The molecule has 2 aromatic rings. The lowest BCUT2D eigenvalue weighted by atomic mass is 9.96. The molecular formula is C20H27N3O. The van der Waals surface area contributed by atoms with Crippen molar-refractivity contribution in [3.63, 3.8) is 0 Å². The Morgan fingerprint density at radius 1 is 1.12 bits per heavy atom. The third-order valence-corrected chi connectivity index (χ3v) is 5.15. The van der Waals surface area contributed by atoms with Crippen molar-refractivity contribution < 1.29 is 4.79 Å². The summed E-state index contributed by atoms with van der Waals surface area (Å²) in [6.45, 7) is 7.91. The molecule has 4 nitrogen and oxygen atoms in total. The number of carbonyl (C=O) groups excluding carboxylic acids is 1. The highest BCUT2D eigenvalue weighted by atomic mass is 16.2. The van der Waals surface area contributed by atoms with Crippen LogP contribution in [0.3, 0.4) is 0 Å². The smallest absolute Gasteiger partial charge is 0.253 e. The van der Waals surface area contributed by atoms with E-state index in [9.17, 15) is 4.79 Å².